The lowest BCUT2D eigenvalue weighted by Crippen LogP contribution is -2.07. The molecule has 2 aromatic rings. The molecule has 0 fully saturated rings. The normalized spacial score (nSPS) is 10.6. The first-order chi connectivity index (χ1) is 9.47. The summed E-state index contributed by atoms with van der Waals surface area (Å²) in [4.78, 5) is 0. The molecule has 3 N–H and O–H groups in total. The number of hydrogen-bond acceptors (Lipinski definition) is 2. The van der Waals surface area contributed by atoms with Crippen LogP contribution >= 0.6 is 39.1 Å². The monoisotopic (exact) mass is 376 g/mol. The summed E-state index contributed by atoms with van der Waals surface area (Å²) in [6, 6.07) is 8.29. The lowest BCUT2D eigenvalue weighted by Gasteiger charge is -2.11. The smallest absolute Gasteiger partial charge is 0.139 e. The van der Waals surface area contributed by atoms with Crippen molar-refractivity contribution >= 4 is 50.5 Å². The molecule has 2 nitrogen and oxygen atoms in total. The van der Waals surface area contributed by atoms with Gasteiger partial charge in [0, 0.05) is 22.7 Å². The van der Waals surface area contributed by atoms with E-state index in [2.05, 4.69) is 21.2 Å². The number of nitrogens with two attached hydrogens (primary N) is 1. The van der Waals surface area contributed by atoms with Gasteiger partial charge < -0.3 is 11.1 Å². The summed E-state index contributed by atoms with van der Waals surface area (Å²) >= 11 is 15.1. The molecule has 0 aliphatic rings. The molecule has 0 unspecified atom stereocenters. The van der Waals surface area contributed by atoms with E-state index in [4.69, 9.17) is 28.9 Å². The second-order valence-electron chi connectivity index (χ2n) is 4.27. The highest BCUT2D eigenvalue weighted by Gasteiger charge is 2.06. The fraction of sp³-hybridized carbons (Fsp3) is 0.143. The summed E-state index contributed by atoms with van der Waals surface area (Å²) < 4.78 is 13.6. The fourth-order valence-corrected chi connectivity index (χ4v) is 2.62. The summed E-state index contributed by atoms with van der Waals surface area (Å²) in [6.07, 6.45) is 0.713. The summed E-state index contributed by atoms with van der Waals surface area (Å²) in [7, 11) is 0. The van der Waals surface area contributed by atoms with Gasteiger partial charge in [-0.05, 0) is 46.1 Å². The summed E-state index contributed by atoms with van der Waals surface area (Å²) in [5, 5.41) is 4.40. The Balaban J connectivity index is 2.01. The minimum Gasteiger partial charge on any atom is -0.397 e. The molecule has 106 valence electrons. The third-order valence-electron chi connectivity index (χ3n) is 2.82. The van der Waals surface area contributed by atoms with Crippen molar-refractivity contribution in [2.24, 2.45) is 0 Å². The van der Waals surface area contributed by atoms with E-state index < -0.39 is 0 Å². The van der Waals surface area contributed by atoms with Crippen LogP contribution in [0, 0.1) is 5.82 Å². The lowest BCUT2D eigenvalue weighted by atomic mass is 10.1. The van der Waals surface area contributed by atoms with Crippen molar-refractivity contribution in [2.75, 3.05) is 17.6 Å². The van der Waals surface area contributed by atoms with Crippen molar-refractivity contribution < 1.29 is 4.39 Å². The number of rotatable bonds is 4. The first-order valence-corrected chi connectivity index (χ1v) is 7.44. The minimum absolute atomic E-state index is 0.368. The van der Waals surface area contributed by atoms with Crippen LogP contribution in [0.2, 0.25) is 10.0 Å². The average molecular weight is 378 g/mol. The molecule has 0 bridgehead atoms. The summed E-state index contributed by atoms with van der Waals surface area (Å²) in [5.41, 5.74) is 7.79. The van der Waals surface area contributed by atoms with Gasteiger partial charge in [0.1, 0.15) is 5.82 Å². The van der Waals surface area contributed by atoms with Crippen LogP contribution in [-0.2, 0) is 6.42 Å². The molecule has 0 aromatic heterocycles. The van der Waals surface area contributed by atoms with Crippen molar-refractivity contribution in [1.82, 2.24) is 0 Å². The largest absolute Gasteiger partial charge is 0.397 e. The van der Waals surface area contributed by atoms with E-state index >= 15 is 0 Å². The van der Waals surface area contributed by atoms with Crippen LogP contribution in [0.5, 0.6) is 0 Å². The van der Waals surface area contributed by atoms with E-state index in [-0.39, 0.29) is 5.82 Å². The summed E-state index contributed by atoms with van der Waals surface area (Å²) in [6.45, 7) is 0.629. The molecule has 20 heavy (non-hydrogen) atoms. The van der Waals surface area contributed by atoms with Gasteiger partial charge in [-0.2, -0.15) is 0 Å². The van der Waals surface area contributed by atoms with Gasteiger partial charge in [0.25, 0.3) is 0 Å². The molecule has 0 amide bonds. The number of anilines is 2. The molecule has 0 radical (unpaired) electrons. The number of nitrogens with one attached hydrogen (secondary N) is 1. The zero-order valence-electron chi connectivity index (χ0n) is 10.4. The van der Waals surface area contributed by atoms with Crippen molar-refractivity contribution in [3.8, 4) is 0 Å². The maximum atomic E-state index is 13.3. The van der Waals surface area contributed by atoms with Crippen LogP contribution in [0.1, 0.15) is 5.56 Å². The number of halogens is 4. The standard InChI is InChI=1S/C14H12BrCl2FN2/c15-10-6-14(13(19)7-12(10)18)20-4-3-8-1-2-9(16)5-11(8)17/h1-2,5-7,20H,3-4,19H2. The quantitative estimate of drug-likeness (QED) is 0.724. The number of nitrogen functional groups attached to an aromatic ring is 1. The maximum absolute atomic E-state index is 13.3. The molecular weight excluding hydrogens is 366 g/mol. The predicted octanol–water partition coefficient (Wildman–Crippen LogP) is 5.13. The van der Waals surface area contributed by atoms with Gasteiger partial charge >= 0.3 is 0 Å². The van der Waals surface area contributed by atoms with Crippen molar-refractivity contribution in [2.45, 2.75) is 6.42 Å². The third-order valence-corrected chi connectivity index (χ3v) is 4.01. The highest BCUT2D eigenvalue weighted by Crippen LogP contribution is 2.27. The molecule has 0 saturated heterocycles. The van der Waals surface area contributed by atoms with E-state index in [1.807, 2.05) is 6.07 Å². The Bertz CT molecular complexity index is 635. The topological polar surface area (TPSA) is 38.0 Å². The average Bonchev–Trinajstić information content (AvgIpc) is 2.38. The molecule has 0 aliphatic carbocycles. The van der Waals surface area contributed by atoms with Crippen LogP contribution < -0.4 is 11.1 Å². The molecule has 0 aliphatic heterocycles. The number of hydrogen-bond donors (Lipinski definition) is 2. The first-order valence-electron chi connectivity index (χ1n) is 5.89. The van der Waals surface area contributed by atoms with E-state index in [1.165, 1.54) is 6.07 Å². The Morgan fingerprint density at radius 1 is 1.20 bits per heavy atom. The molecular formula is C14H12BrCl2FN2. The van der Waals surface area contributed by atoms with Crippen LogP contribution in [0.15, 0.2) is 34.8 Å². The van der Waals surface area contributed by atoms with E-state index in [0.29, 0.717) is 38.9 Å². The van der Waals surface area contributed by atoms with Gasteiger partial charge in [-0.25, -0.2) is 4.39 Å². The predicted molar refractivity (Wildman–Crippen MR) is 87.2 cm³/mol. The Kier molecular flexibility index (Phi) is 5.13. The molecule has 0 heterocycles. The van der Waals surface area contributed by atoms with Crippen LogP contribution in [0.25, 0.3) is 0 Å². The Labute approximate surface area is 135 Å². The van der Waals surface area contributed by atoms with E-state index in [1.54, 1.807) is 18.2 Å². The molecule has 0 saturated carbocycles. The SMILES string of the molecule is Nc1cc(F)c(Br)cc1NCCc1ccc(Cl)cc1Cl. The van der Waals surface area contributed by atoms with Gasteiger partial charge in [-0.15, -0.1) is 0 Å². The zero-order valence-corrected chi connectivity index (χ0v) is 13.5. The number of benzene rings is 2. The highest BCUT2D eigenvalue weighted by atomic mass is 79.9. The van der Waals surface area contributed by atoms with E-state index in [9.17, 15) is 4.39 Å². The molecule has 0 spiro atoms. The molecule has 2 rings (SSSR count). The Morgan fingerprint density at radius 3 is 2.65 bits per heavy atom. The van der Waals surface area contributed by atoms with E-state index in [0.717, 1.165) is 5.56 Å². The lowest BCUT2D eigenvalue weighted by molar-refractivity contribution is 0.622. The van der Waals surface area contributed by atoms with Crippen LogP contribution in [0.3, 0.4) is 0 Å². The second kappa shape index (κ2) is 6.66. The second-order valence-corrected chi connectivity index (χ2v) is 5.96. The van der Waals surface area contributed by atoms with Crippen LogP contribution in [0.4, 0.5) is 15.8 Å². The van der Waals surface area contributed by atoms with Gasteiger partial charge in [0.05, 0.1) is 15.8 Å². The summed E-state index contributed by atoms with van der Waals surface area (Å²) in [5.74, 6) is -0.381. The third kappa shape index (κ3) is 3.78. The maximum Gasteiger partial charge on any atom is 0.139 e. The first kappa shape index (κ1) is 15.4. The minimum atomic E-state index is -0.381. The molecule has 0 atom stereocenters. The van der Waals surface area contributed by atoms with Gasteiger partial charge in [-0.1, -0.05) is 29.3 Å². The van der Waals surface area contributed by atoms with Crippen molar-refractivity contribution in [1.29, 1.82) is 0 Å². The molecule has 2 aromatic carbocycles. The molecule has 6 heteroatoms. The van der Waals surface area contributed by atoms with Crippen molar-refractivity contribution in [3.05, 3.63) is 56.2 Å². The Morgan fingerprint density at radius 2 is 1.95 bits per heavy atom. The fourth-order valence-electron chi connectivity index (χ4n) is 1.77. The Hall–Kier alpha value is -0.970. The van der Waals surface area contributed by atoms with Gasteiger partial charge in [0.15, 0.2) is 0 Å². The van der Waals surface area contributed by atoms with Crippen molar-refractivity contribution in [3.63, 3.8) is 0 Å². The van der Waals surface area contributed by atoms with Crippen LogP contribution in [-0.4, -0.2) is 6.54 Å². The van der Waals surface area contributed by atoms with Gasteiger partial charge in [0.2, 0.25) is 0 Å². The zero-order chi connectivity index (χ0) is 14.7. The van der Waals surface area contributed by atoms with Gasteiger partial charge in [-0.3, -0.25) is 0 Å². The highest BCUT2D eigenvalue weighted by molar-refractivity contribution is 9.10.